The summed E-state index contributed by atoms with van der Waals surface area (Å²) in [6.07, 6.45) is 0.696. The molecule has 1 rings (SSSR count). The van der Waals surface area contributed by atoms with Crippen LogP contribution in [0, 0.1) is 18.8 Å². The van der Waals surface area contributed by atoms with Crippen molar-refractivity contribution in [1.29, 1.82) is 0 Å². The Labute approximate surface area is 83.4 Å². The molecule has 0 aromatic heterocycles. The van der Waals surface area contributed by atoms with E-state index in [9.17, 15) is 0 Å². The summed E-state index contributed by atoms with van der Waals surface area (Å²) >= 11 is 5.49. The Morgan fingerprint density at radius 2 is 2.23 bits per heavy atom. The predicted molar refractivity (Wildman–Crippen MR) is 55.1 cm³/mol. The van der Waals surface area contributed by atoms with Gasteiger partial charge in [-0.05, 0) is 30.7 Å². The number of phenolic OH excluding ortho intramolecular Hbond substituents is 1. The van der Waals surface area contributed by atoms with Crippen LogP contribution in [0.2, 0.25) is 0 Å². The van der Waals surface area contributed by atoms with Crippen LogP contribution in [0.5, 0.6) is 5.75 Å². The molecule has 1 nitrogen and oxygen atoms in total. The van der Waals surface area contributed by atoms with Crippen molar-refractivity contribution in [2.45, 2.75) is 13.3 Å². The number of halogens is 1. The van der Waals surface area contributed by atoms with E-state index in [1.54, 1.807) is 12.1 Å². The minimum Gasteiger partial charge on any atom is -0.508 e. The molecule has 1 aromatic rings. The maximum absolute atomic E-state index is 9.14. The van der Waals surface area contributed by atoms with Crippen molar-refractivity contribution < 1.29 is 5.11 Å². The van der Waals surface area contributed by atoms with Gasteiger partial charge in [-0.3, -0.25) is 0 Å². The van der Waals surface area contributed by atoms with E-state index in [0.717, 1.165) is 11.1 Å². The van der Waals surface area contributed by atoms with Gasteiger partial charge in [0.2, 0.25) is 0 Å². The van der Waals surface area contributed by atoms with Crippen molar-refractivity contribution in [2.75, 3.05) is 5.88 Å². The number of alkyl halides is 1. The second-order valence-electron chi connectivity index (χ2n) is 2.74. The maximum atomic E-state index is 9.14. The van der Waals surface area contributed by atoms with Crippen LogP contribution in [0.3, 0.4) is 0 Å². The number of rotatable bonds is 1. The predicted octanol–water partition coefficient (Wildman–Crippen LogP) is 2.68. The molecule has 0 amide bonds. The molecule has 0 saturated heterocycles. The molecule has 0 aliphatic rings. The second kappa shape index (κ2) is 4.79. The van der Waals surface area contributed by atoms with Crippen molar-refractivity contribution in [3.05, 3.63) is 29.3 Å². The van der Waals surface area contributed by atoms with Crippen LogP contribution in [0.4, 0.5) is 0 Å². The first-order valence-corrected chi connectivity index (χ1v) is 4.62. The molecule has 0 saturated carbocycles. The molecule has 2 heteroatoms. The number of aryl methyl sites for hydroxylation is 1. The molecule has 13 heavy (non-hydrogen) atoms. The Hall–Kier alpha value is -1.13. The summed E-state index contributed by atoms with van der Waals surface area (Å²) in [5.41, 5.74) is 1.94. The topological polar surface area (TPSA) is 20.2 Å². The average Bonchev–Trinajstić information content (AvgIpc) is 2.09. The number of hydrogen-bond acceptors (Lipinski definition) is 1. The van der Waals surface area contributed by atoms with Crippen molar-refractivity contribution in [3.63, 3.8) is 0 Å². The lowest BCUT2D eigenvalue weighted by Crippen LogP contribution is -1.81. The molecule has 0 fully saturated rings. The number of phenols is 1. The van der Waals surface area contributed by atoms with Gasteiger partial charge in [0, 0.05) is 17.9 Å². The van der Waals surface area contributed by atoms with Crippen LogP contribution in [0.1, 0.15) is 17.5 Å². The van der Waals surface area contributed by atoms with Gasteiger partial charge in [-0.25, -0.2) is 0 Å². The van der Waals surface area contributed by atoms with Gasteiger partial charge in [0.05, 0.1) is 0 Å². The molecular weight excluding hydrogens is 184 g/mol. The smallest absolute Gasteiger partial charge is 0.115 e. The van der Waals surface area contributed by atoms with Crippen LogP contribution in [0.15, 0.2) is 18.2 Å². The second-order valence-corrected chi connectivity index (χ2v) is 3.12. The fourth-order valence-electron chi connectivity index (χ4n) is 0.993. The minimum atomic E-state index is 0.278. The third-order valence-electron chi connectivity index (χ3n) is 1.65. The van der Waals surface area contributed by atoms with E-state index < -0.39 is 0 Å². The summed E-state index contributed by atoms with van der Waals surface area (Å²) < 4.78 is 0. The van der Waals surface area contributed by atoms with Crippen molar-refractivity contribution in [1.82, 2.24) is 0 Å². The van der Waals surface area contributed by atoms with Crippen LogP contribution in [-0.2, 0) is 0 Å². The fourth-order valence-corrected chi connectivity index (χ4v) is 1.09. The SMILES string of the molecule is Cc1cc(O)ccc1C#CCCCl. The van der Waals surface area contributed by atoms with Gasteiger partial charge >= 0.3 is 0 Å². The molecule has 0 unspecified atom stereocenters. The first-order valence-electron chi connectivity index (χ1n) is 4.08. The molecule has 0 spiro atoms. The van der Waals surface area contributed by atoms with Crippen LogP contribution in [-0.4, -0.2) is 11.0 Å². The highest BCUT2D eigenvalue weighted by molar-refractivity contribution is 6.18. The van der Waals surface area contributed by atoms with Gasteiger partial charge in [-0.1, -0.05) is 11.8 Å². The molecule has 0 aliphatic carbocycles. The standard InChI is InChI=1S/C11H11ClO/c1-9-8-11(13)6-5-10(9)4-2-3-7-12/h5-6,8,13H,3,7H2,1H3. The lowest BCUT2D eigenvalue weighted by molar-refractivity contribution is 0.475. The molecule has 0 atom stereocenters. The Morgan fingerprint density at radius 3 is 2.85 bits per heavy atom. The van der Waals surface area contributed by atoms with Gasteiger partial charge in [0.25, 0.3) is 0 Å². The fraction of sp³-hybridized carbons (Fsp3) is 0.273. The zero-order valence-electron chi connectivity index (χ0n) is 7.47. The van der Waals surface area contributed by atoms with E-state index in [1.807, 2.05) is 13.0 Å². The van der Waals surface area contributed by atoms with Gasteiger partial charge < -0.3 is 5.11 Å². The van der Waals surface area contributed by atoms with Crippen LogP contribution in [0.25, 0.3) is 0 Å². The molecule has 0 bridgehead atoms. The first-order chi connectivity index (χ1) is 6.24. The van der Waals surface area contributed by atoms with E-state index in [0.29, 0.717) is 12.3 Å². The largest absolute Gasteiger partial charge is 0.508 e. The highest BCUT2D eigenvalue weighted by atomic mass is 35.5. The summed E-state index contributed by atoms with van der Waals surface area (Å²) in [6, 6.07) is 5.15. The third-order valence-corrected chi connectivity index (χ3v) is 1.84. The first kappa shape index (κ1) is 9.95. The number of hydrogen-bond donors (Lipinski definition) is 1. The summed E-state index contributed by atoms with van der Waals surface area (Å²) in [5.74, 6) is 6.78. The molecule has 1 N–H and O–H groups in total. The highest BCUT2D eigenvalue weighted by Crippen LogP contribution is 2.14. The summed E-state index contributed by atoms with van der Waals surface area (Å²) in [6.45, 7) is 1.92. The quantitative estimate of drug-likeness (QED) is 0.539. The van der Waals surface area contributed by atoms with Gasteiger partial charge in [-0.2, -0.15) is 0 Å². The third kappa shape index (κ3) is 3.01. The van der Waals surface area contributed by atoms with E-state index >= 15 is 0 Å². The summed E-state index contributed by atoms with van der Waals surface area (Å²) in [7, 11) is 0. The molecule has 0 aliphatic heterocycles. The molecule has 0 radical (unpaired) electrons. The Morgan fingerprint density at radius 1 is 1.46 bits per heavy atom. The normalized spacial score (nSPS) is 9.08. The summed E-state index contributed by atoms with van der Waals surface area (Å²) in [5, 5.41) is 9.14. The number of aromatic hydroxyl groups is 1. The minimum absolute atomic E-state index is 0.278. The van der Waals surface area contributed by atoms with Crippen molar-refractivity contribution >= 4 is 11.6 Å². The molecular formula is C11H11ClO. The Bertz CT molecular complexity index is 347. The number of benzene rings is 1. The lowest BCUT2D eigenvalue weighted by Gasteiger charge is -1.97. The van der Waals surface area contributed by atoms with Crippen molar-refractivity contribution in [2.24, 2.45) is 0 Å². The molecule has 0 heterocycles. The Kier molecular flexibility index (Phi) is 3.67. The highest BCUT2D eigenvalue weighted by Gasteiger charge is 1.94. The molecule has 68 valence electrons. The van der Waals surface area contributed by atoms with Gasteiger partial charge in [0.15, 0.2) is 0 Å². The maximum Gasteiger partial charge on any atom is 0.115 e. The van der Waals surface area contributed by atoms with Gasteiger partial charge in [0.1, 0.15) is 5.75 Å². The average molecular weight is 195 g/mol. The lowest BCUT2D eigenvalue weighted by atomic mass is 10.1. The van der Waals surface area contributed by atoms with Crippen LogP contribution < -0.4 is 0 Å². The monoisotopic (exact) mass is 194 g/mol. The van der Waals surface area contributed by atoms with Crippen LogP contribution >= 0.6 is 11.6 Å². The summed E-state index contributed by atoms with van der Waals surface area (Å²) in [4.78, 5) is 0. The van der Waals surface area contributed by atoms with Crippen molar-refractivity contribution in [3.8, 4) is 17.6 Å². The molecule has 1 aromatic carbocycles. The Balaban J connectivity index is 2.85. The van der Waals surface area contributed by atoms with E-state index in [4.69, 9.17) is 16.7 Å². The van der Waals surface area contributed by atoms with Gasteiger partial charge in [-0.15, -0.1) is 11.6 Å². The van der Waals surface area contributed by atoms with E-state index in [1.165, 1.54) is 0 Å². The van der Waals surface area contributed by atoms with E-state index in [2.05, 4.69) is 11.8 Å². The zero-order chi connectivity index (χ0) is 9.68. The zero-order valence-corrected chi connectivity index (χ0v) is 8.23. The van der Waals surface area contributed by atoms with E-state index in [-0.39, 0.29) is 5.75 Å².